The molecule has 34 heavy (non-hydrogen) atoms. The Balaban J connectivity index is 1.48. The van der Waals surface area contributed by atoms with E-state index >= 15 is 0 Å². The zero-order valence-corrected chi connectivity index (χ0v) is 20.8. The second-order valence-electron chi connectivity index (χ2n) is 8.84. The van der Waals surface area contributed by atoms with Gasteiger partial charge < -0.3 is 20.7 Å². The molecule has 2 aromatic carbocycles. The largest absolute Gasteiger partial charge is 0.494 e. The smallest absolute Gasteiger partial charge is 0.253 e. The van der Waals surface area contributed by atoms with Crippen LogP contribution in [0.2, 0.25) is 5.02 Å². The lowest BCUT2D eigenvalue weighted by Gasteiger charge is -2.23. The van der Waals surface area contributed by atoms with Gasteiger partial charge in [-0.2, -0.15) is 0 Å². The van der Waals surface area contributed by atoms with E-state index in [1.807, 2.05) is 24.3 Å². The third kappa shape index (κ3) is 8.56. The second kappa shape index (κ2) is 13.9. The van der Waals surface area contributed by atoms with E-state index in [0.717, 1.165) is 43.5 Å². The number of carbonyl (C=O) groups excluding carboxylic acids is 2. The Morgan fingerprint density at radius 3 is 2.62 bits per heavy atom. The first-order valence-corrected chi connectivity index (χ1v) is 12.8. The third-order valence-electron chi connectivity index (χ3n) is 5.99. The van der Waals surface area contributed by atoms with Crippen molar-refractivity contribution >= 4 is 34.8 Å². The first kappa shape index (κ1) is 25.9. The van der Waals surface area contributed by atoms with Crippen molar-refractivity contribution in [1.82, 2.24) is 5.32 Å². The van der Waals surface area contributed by atoms with E-state index in [9.17, 15) is 9.59 Å². The number of carbonyl (C=O) groups is 2. The van der Waals surface area contributed by atoms with Crippen molar-refractivity contribution in [2.24, 2.45) is 0 Å². The summed E-state index contributed by atoms with van der Waals surface area (Å²) in [5.74, 6) is 0.373. The summed E-state index contributed by atoms with van der Waals surface area (Å²) in [4.78, 5) is 25.2. The molecular formula is C27H36ClN3O3. The molecule has 6 nitrogen and oxygen atoms in total. The standard InChI is InChI=1S/C27H36ClN3O3/c1-2-3-4-8-16-34-23-13-9-12-21(17-23)29-19-26(32)30-22-14-15-25(28)24(18-22)27(33)31-20-10-6-5-7-11-20/h9,12-15,17-18,20,29H,2-8,10-11,16,19H2,1H3,(H,30,32)(H,31,33). The average Bonchev–Trinajstić information content (AvgIpc) is 2.85. The number of amides is 2. The summed E-state index contributed by atoms with van der Waals surface area (Å²) in [7, 11) is 0. The first-order valence-electron chi connectivity index (χ1n) is 12.4. The van der Waals surface area contributed by atoms with Crippen LogP contribution in [0.5, 0.6) is 5.75 Å². The highest BCUT2D eigenvalue weighted by Gasteiger charge is 2.19. The van der Waals surface area contributed by atoms with Crippen LogP contribution in [-0.2, 0) is 4.79 Å². The summed E-state index contributed by atoms with van der Waals surface area (Å²) in [5, 5.41) is 9.40. The molecular weight excluding hydrogens is 450 g/mol. The predicted octanol–water partition coefficient (Wildman–Crippen LogP) is 6.41. The van der Waals surface area contributed by atoms with E-state index in [-0.39, 0.29) is 24.4 Å². The highest BCUT2D eigenvalue weighted by molar-refractivity contribution is 6.34. The molecule has 0 radical (unpaired) electrons. The zero-order valence-electron chi connectivity index (χ0n) is 20.0. The molecule has 7 heteroatoms. The van der Waals surface area contributed by atoms with Crippen molar-refractivity contribution in [3.05, 3.63) is 53.1 Å². The maximum absolute atomic E-state index is 12.7. The molecule has 3 N–H and O–H groups in total. The van der Waals surface area contributed by atoms with Gasteiger partial charge in [-0.3, -0.25) is 9.59 Å². The van der Waals surface area contributed by atoms with Crippen LogP contribution in [0.25, 0.3) is 0 Å². The molecule has 0 saturated heterocycles. The van der Waals surface area contributed by atoms with Gasteiger partial charge in [0.05, 0.1) is 23.7 Å². The van der Waals surface area contributed by atoms with E-state index in [1.54, 1.807) is 18.2 Å². The lowest BCUT2D eigenvalue weighted by Crippen LogP contribution is -2.36. The molecule has 1 aliphatic carbocycles. The van der Waals surface area contributed by atoms with Crippen LogP contribution in [0.3, 0.4) is 0 Å². The van der Waals surface area contributed by atoms with Gasteiger partial charge in [-0.05, 0) is 49.6 Å². The Morgan fingerprint density at radius 1 is 1.00 bits per heavy atom. The first-order chi connectivity index (χ1) is 16.5. The van der Waals surface area contributed by atoms with Gasteiger partial charge in [0.2, 0.25) is 5.91 Å². The Labute approximate surface area is 207 Å². The lowest BCUT2D eigenvalue weighted by atomic mass is 9.95. The molecule has 184 valence electrons. The fraction of sp³-hybridized carbons (Fsp3) is 0.481. The van der Waals surface area contributed by atoms with Crippen molar-refractivity contribution in [1.29, 1.82) is 0 Å². The molecule has 1 saturated carbocycles. The van der Waals surface area contributed by atoms with Gasteiger partial charge in [-0.25, -0.2) is 0 Å². The van der Waals surface area contributed by atoms with Crippen molar-refractivity contribution < 1.29 is 14.3 Å². The van der Waals surface area contributed by atoms with Crippen LogP contribution < -0.4 is 20.7 Å². The fourth-order valence-electron chi connectivity index (χ4n) is 4.09. The summed E-state index contributed by atoms with van der Waals surface area (Å²) < 4.78 is 5.81. The molecule has 1 fully saturated rings. The Morgan fingerprint density at radius 2 is 1.82 bits per heavy atom. The summed E-state index contributed by atoms with van der Waals surface area (Å²) in [6.45, 7) is 2.97. The summed E-state index contributed by atoms with van der Waals surface area (Å²) in [6.07, 6.45) is 10.1. The van der Waals surface area contributed by atoms with Crippen LogP contribution in [0.15, 0.2) is 42.5 Å². The molecule has 2 amide bonds. The number of rotatable bonds is 12. The monoisotopic (exact) mass is 485 g/mol. The highest BCUT2D eigenvalue weighted by atomic mass is 35.5. The number of unbranched alkanes of at least 4 members (excludes halogenated alkanes) is 3. The number of anilines is 2. The van der Waals surface area contributed by atoms with Crippen molar-refractivity contribution in [2.75, 3.05) is 23.8 Å². The summed E-state index contributed by atoms with van der Waals surface area (Å²) in [5.41, 5.74) is 1.72. The molecule has 2 aromatic rings. The van der Waals surface area contributed by atoms with E-state index < -0.39 is 0 Å². The molecule has 0 aromatic heterocycles. The minimum atomic E-state index is -0.216. The number of nitrogens with one attached hydrogen (secondary N) is 3. The van der Waals surface area contributed by atoms with Gasteiger partial charge in [-0.15, -0.1) is 0 Å². The molecule has 0 bridgehead atoms. The average molecular weight is 486 g/mol. The summed E-state index contributed by atoms with van der Waals surface area (Å²) in [6, 6.07) is 12.8. The van der Waals surface area contributed by atoms with Crippen LogP contribution in [0.4, 0.5) is 11.4 Å². The zero-order chi connectivity index (χ0) is 24.2. The fourth-order valence-corrected chi connectivity index (χ4v) is 4.29. The van der Waals surface area contributed by atoms with Gasteiger partial charge in [0.15, 0.2) is 0 Å². The molecule has 0 unspecified atom stereocenters. The van der Waals surface area contributed by atoms with Crippen LogP contribution in [-0.4, -0.2) is 31.0 Å². The van der Waals surface area contributed by atoms with Crippen LogP contribution >= 0.6 is 11.6 Å². The molecule has 0 aliphatic heterocycles. The maximum atomic E-state index is 12.7. The molecule has 3 rings (SSSR count). The quantitative estimate of drug-likeness (QED) is 0.303. The number of benzene rings is 2. The van der Waals surface area contributed by atoms with Gasteiger partial charge in [0.25, 0.3) is 5.91 Å². The maximum Gasteiger partial charge on any atom is 0.253 e. The predicted molar refractivity (Wildman–Crippen MR) is 139 cm³/mol. The molecule has 1 aliphatic rings. The van der Waals surface area contributed by atoms with Gasteiger partial charge >= 0.3 is 0 Å². The second-order valence-corrected chi connectivity index (χ2v) is 9.25. The minimum absolute atomic E-state index is 0.0895. The Hall–Kier alpha value is -2.73. The van der Waals surface area contributed by atoms with Crippen LogP contribution in [0.1, 0.15) is 75.1 Å². The van der Waals surface area contributed by atoms with Crippen molar-refractivity contribution in [3.63, 3.8) is 0 Å². The third-order valence-corrected chi connectivity index (χ3v) is 6.32. The van der Waals surface area contributed by atoms with Gasteiger partial charge in [-0.1, -0.05) is 63.1 Å². The van der Waals surface area contributed by atoms with E-state index in [0.29, 0.717) is 22.9 Å². The lowest BCUT2D eigenvalue weighted by molar-refractivity contribution is -0.114. The van der Waals surface area contributed by atoms with E-state index in [2.05, 4.69) is 22.9 Å². The highest BCUT2D eigenvalue weighted by Crippen LogP contribution is 2.23. The normalized spacial score (nSPS) is 13.8. The number of halogens is 1. The van der Waals surface area contributed by atoms with Crippen molar-refractivity contribution in [3.8, 4) is 5.75 Å². The topological polar surface area (TPSA) is 79.5 Å². The number of hydrogen-bond donors (Lipinski definition) is 3. The van der Waals surface area contributed by atoms with Crippen molar-refractivity contribution in [2.45, 2.75) is 70.8 Å². The summed E-state index contributed by atoms with van der Waals surface area (Å²) >= 11 is 6.26. The molecule has 0 heterocycles. The number of ether oxygens (including phenoxy) is 1. The molecule has 0 spiro atoms. The Bertz CT molecular complexity index is 944. The SMILES string of the molecule is CCCCCCOc1cccc(NCC(=O)Nc2ccc(Cl)c(C(=O)NC3CCCCC3)c2)c1. The van der Waals surface area contributed by atoms with Gasteiger partial charge in [0.1, 0.15) is 5.75 Å². The minimum Gasteiger partial charge on any atom is -0.494 e. The van der Waals surface area contributed by atoms with Crippen LogP contribution in [0, 0.1) is 0 Å². The Kier molecular flexibility index (Phi) is 10.5. The van der Waals surface area contributed by atoms with E-state index in [4.69, 9.17) is 16.3 Å². The van der Waals surface area contributed by atoms with Gasteiger partial charge in [0, 0.05) is 23.5 Å². The van der Waals surface area contributed by atoms with E-state index in [1.165, 1.54) is 25.7 Å². The molecule has 0 atom stereocenters. The number of hydrogen-bond acceptors (Lipinski definition) is 4.